The second-order valence-electron chi connectivity index (χ2n) is 5.70. The van der Waals surface area contributed by atoms with E-state index in [1.807, 2.05) is 18.2 Å². The minimum Gasteiger partial charge on any atom is -0.295 e. The molecule has 0 spiro atoms. The smallest absolute Gasteiger partial charge is 0.159 e. The Kier molecular flexibility index (Phi) is 6.14. The number of ketones is 1. The Balaban J connectivity index is 2.18. The molecule has 0 bridgehead atoms. The van der Waals surface area contributed by atoms with Crippen LogP contribution in [-0.4, -0.2) is 5.78 Å². The number of carbonyl (C=O) groups excluding carboxylic acids is 1. The zero-order valence-electron chi connectivity index (χ0n) is 13.5. The normalized spacial score (nSPS) is 12.5. The molecule has 0 N–H and O–H groups in total. The number of hydrogen-bond donors (Lipinski definition) is 0. The number of carbonyl (C=O) groups is 1. The number of rotatable bonds is 7. The molecule has 0 aliphatic heterocycles. The zero-order chi connectivity index (χ0) is 15.8. The van der Waals surface area contributed by atoms with E-state index in [0.29, 0.717) is 5.92 Å². The van der Waals surface area contributed by atoms with Crippen molar-refractivity contribution in [1.29, 1.82) is 0 Å². The second-order valence-corrected chi connectivity index (χ2v) is 5.70. The summed E-state index contributed by atoms with van der Waals surface area (Å²) < 4.78 is 0. The van der Waals surface area contributed by atoms with Gasteiger partial charge in [-0.1, -0.05) is 86.5 Å². The van der Waals surface area contributed by atoms with Gasteiger partial charge in [0.05, 0.1) is 0 Å². The van der Waals surface area contributed by atoms with Crippen LogP contribution in [0.15, 0.2) is 60.7 Å². The van der Waals surface area contributed by atoms with Crippen molar-refractivity contribution < 1.29 is 4.79 Å². The Labute approximate surface area is 133 Å². The maximum absolute atomic E-state index is 11.4. The minimum atomic E-state index is 0.122. The molecule has 0 fully saturated rings. The van der Waals surface area contributed by atoms with E-state index >= 15 is 0 Å². The Hall–Kier alpha value is -2.15. The molecule has 0 aliphatic rings. The lowest BCUT2D eigenvalue weighted by atomic mass is 9.91. The largest absolute Gasteiger partial charge is 0.295 e. The summed E-state index contributed by atoms with van der Waals surface area (Å²) in [6.07, 6.45) is 8.02. The van der Waals surface area contributed by atoms with Gasteiger partial charge in [-0.15, -0.1) is 0 Å². The number of benzene rings is 2. The van der Waals surface area contributed by atoms with Crippen LogP contribution in [0.5, 0.6) is 0 Å². The van der Waals surface area contributed by atoms with Gasteiger partial charge >= 0.3 is 0 Å². The van der Waals surface area contributed by atoms with Crippen LogP contribution >= 0.6 is 0 Å². The van der Waals surface area contributed by atoms with Crippen LogP contribution in [0.2, 0.25) is 0 Å². The molecule has 22 heavy (non-hydrogen) atoms. The third-order valence-electron chi connectivity index (χ3n) is 3.93. The van der Waals surface area contributed by atoms with Gasteiger partial charge in [0.1, 0.15) is 0 Å². The first kappa shape index (κ1) is 16.2. The average molecular weight is 292 g/mol. The highest BCUT2D eigenvalue weighted by atomic mass is 16.1. The molecule has 0 aromatic heterocycles. The molecular weight excluding hydrogens is 268 g/mol. The lowest BCUT2D eigenvalue weighted by Gasteiger charge is -2.13. The van der Waals surface area contributed by atoms with Crippen molar-refractivity contribution in [1.82, 2.24) is 0 Å². The Morgan fingerprint density at radius 3 is 2.32 bits per heavy atom. The third-order valence-corrected chi connectivity index (χ3v) is 3.93. The molecule has 0 aliphatic carbocycles. The average Bonchev–Trinajstić information content (AvgIpc) is 2.56. The van der Waals surface area contributed by atoms with Gasteiger partial charge in [-0.3, -0.25) is 4.79 Å². The molecule has 114 valence electrons. The highest BCUT2D eigenvalue weighted by molar-refractivity contribution is 5.94. The van der Waals surface area contributed by atoms with E-state index in [-0.39, 0.29) is 5.78 Å². The van der Waals surface area contributed by atoms with Crippen molar-refractivity contribution in [2.24, 2.45) is 0 Å². The van der Waals surface area contributed by atoms with E-state index in [1.54, 1.807) is 6.92 Å². The van der Waals surface area contributed by atoms with Crippen molar-refractivity contribution >= 4 is 11.9 Å². The van der Waals surface area contributed by atoms with E-state index in [1.165, 1.54) is 24.0 Å². The van der Waals surface area contributed by atoms with Gasteiger partial charge in [-0.05, 0) is 24.5 Å². The van der Waals surface area contributed by atoms with E-state index in [4.69, 9.17) is 0 Å². The first-order valence-corrected chi connectivity index (χ1v) is 8.05. The molecule has 1 heteroatoms. The monoisotopic (exact) mass is 292 g/mol. The predicted octanol–water partition coefficient (Wildman–Crippen LogP) is 5.88. The second kappa shape index (κ2) is 8.33. The van der Waals surface area contributed by atoms with Gasteiger partial charge in [0.15, 0.2) is 5.78 Å². The Bertz CT molecular complexity index is 608. The van der Waals surface area contributed by atoms with Crippen LogP contribution in [0.3, 0.4) is 0 Å². The van der Waals surface area contributed by atoms with Crippen LogP contribution in [0.25, 0.3) is 6.08 Å². The minimum absolute atomic E-state index is 0.122. The predicted molar refractivity (Wildman–Crippen MR) is 94.2 cm³/mol. The van der Waals surface area contributed by atoms with Crippen molar-refractivity contribution in [2.45, 2.75) is 39.0 Å². The molecule has 0 amide bonds. The molecule has 0 heterocycles. The number of Topliss-reactive ketones (excluding diaryl/α,β-unsaturated/α-hetero) is 1. The fourth-order valence-corrected chi connectivity index (χ4v) is 2.55. The first-order chi connectivity index (χ1) is 10.7. The SMILES string of the molecule is CCCCC(/C=C/c1ccccc1)c1ccc(C(C)=O)cc1. The Morgan fingerprint density at radius 2 is 1.73 bits per heavy atom. The molecular formula is C21H24O. The topological polar surface area (TPSA) is 17.1 Å². The zero-order valence-corrected chi connectivity index (χ0v) is 13.5. The van der Waals surface area contributed by atoms with Crippen LogP contribution in [0.4, 0.5) is 0 Å². The molecule has 2 rings (SSSR count). The molecule has 1 unspecified atom stereocenters. The van der Waals surface area contributed by atoms with E-state index in [2.05, 4.69) is 55.5 Å². The van der Waals surface area contributed by atoms with Gasteiger partial charge in [-0.2, -0.15) is 0 Å². The standard InChI is InChI=1S/C21H24O/c1-3-4-10-20(12-11-18-8-6-5-7-9-18)21-15-13-19(14-16-21)17(2)22/h5-9,11-16,20H,3-4,10H2,1-2H3/b12-11+. The fourth-order valence-electron chi connectivity index (χ4n) is 2.55. The number of unbranched alkanes of at least 4 members (excludes halogenated alkanes) is 1. The Morgan fingerprint density at radius 1 is 1.05 bits per heavy atom. The maximum Gasteiger partial charge on any atom is 0.159 e. The van der Waals surface area contributed by atoms with Crippen LogP contribution in [-0.2, 0) is 0 Å². The molecule has 1 nitrogen and oxygen atoms in total. The summed E-state index contributed by atoms with van der Waals surface area (Å²) >= 11 is 0. The van der Waals surface area contributed by atoms with Gasteiger partial charge < -0.3 is 0 Å². The van der Waals surface area contributed by atoms with Gasteiger partial charge in [0, 0.05) is 11.5 Å². The highest BCUT2D eigenvalue weighted by Gasteiger charge is 2.08. The van der Waals surface area contributed by atoms with Crippen molar-refractivity contribution in [3.8, 4) is 0 Å². The molecule has 0 saturated heterocycles. The summed E-state index contributed by atoms with van der Waals surface area (Å²) in [7, 11) is 0. The summed E-state index contributed by atoms with van der Waals surface area (Å²) in [6, 6.07) is 18.4. The summed E-state index contributed by atoms with van der Waals surface area (Å²) in [5, 5.41) is 0. The van der Waals surface area contributed by atoms with Gasteiger partial charge in [0.2, 0.25) is 0 Å². The quantitative estimate of drug-likeness (QED) is 0.583. The van der Waals surface area contributed by atoms with E-state index in [0.717, 1.165) is 12.0 Å². The summed E-state index contributed by atoms with van der Waals surface area (Å²) in [4.78, 5) is 11.4. The van der Waals surface area contributed by atoms with E-state index in [9.17, 15) is 4.79 Å². The van der Waals surface area contributed by atoms with E-state index < -0.39 is 0 Å². The van der Waals surface area contributed by atoms with Crippen LogP contribution in [0, 0.1) is 0 Å². The molecule has 0 saturated carbocycles. The van der Waals surface area contributed by atoms with Gasteiger partial charge in [-0.25, -0.2) is 0 Å². The molecule has 1 atom stereocenters. The third kappa shape index (κ3) is 4.70. The molecule has 0 radical (unpaired) electrons. The summed E-state index contributed by atoms with van der Waals surface area (Å²) in [6.45, 7) is 3.83. The van der Waals surface area contributed by atoms with Crippen molar-refractivity contribution in [3.05, 3.63) is 77.4 Å². The first-order valence-electron chi connectivity index (χ1n) is 8.05. The fraction of sp³-hybridized carbons (Fsp3) is 0.286. The van der Waals surface area contributed by atoms with Crippen molar-refractivity contribution in [3.63, 3.8) is 0 Å². The van der Waals surface area contributed by atoms with Crippen LogP contribution < -0.4 is 0 Å². The van der Waals surface area contributed by atoms with Crippen LogP contribution in [0.1, 0.15) is 60.5 Å². The maximum atomic E-state index is 11.4. The molecule has 2 aromatic rings. The summed E-state index contributed by atoms with van der Waals surface area (Å²) in [5.41, 5.74) is 3.29. The highest BCUT2D eigenvalue weighted by Crippen LogP contribution is 2.25. The number of hydrogen-bond acceptors (Lipinski definition) is 1. The lowest BCUT2D eigenvalue weighted by Crippen LogP contribution is -1.98. The molecule has 2 aromatic carbocycles. The van der Waals surface area contributed by atoms with Gasteiger partial charge in [0.25, 0.3) is 0 Å². The lowest BCUT2D eigenvalue weighted by molar-refractivity contribution is 0.101. The van der Waals surface area contributed by atoms with Crippen molar-refractivity contribution in [2.75, 3.05) is 0 Å². The summed E-state index contributed by atoms with van der Waals surface area (Å²) in [5.74, 6) is 0.526. The number of allylic oxidation sites excluding steroid dienone is 1.